The minimum atomic E-state index is -2.95. The molecule has 1 aliphatic heterocycles. The minimum absolute atomic E-state index is 0.00235. The number of amides is 1. The number of aliphatic hydroxyl groups excluding tert-OH is 1. The molecule has 1 fully saturated rings. The van der Waals surface area contributed by atoms with Gasteiger partial charge in [0.1, 0.15) is 0 Å². The van der Waals surface area contributed by atoms with Crippen molar-refractivity contribution in [1.82, 2.24) is 4.90 Å². The van der Waals surface area contributed by atoms with Crippen LogP contribution in [0.3, 0.4) is 0 Å². The van der Waals surface area contributed by atoms with E-state index in [-0.39, 0.29) is 30.1 Å². The van der Waals surface area contributed by atoms with Crippen molar-refractivity contribution >= 4 is 27.5 Å². The lowest BCUT2D eigenvalue weighted by atomic mass is 10.2. The average Bonchev–Trinajstić information content (AvgIpc) is 2.66. The molecule has 7 heteroatoms. The number of rotatable bonds is 7. The molecule has 106 valence electrons. The van der Waals surface area contributed by atoms with E-state index in [0.717, 1.165) is 5.75 Å². The number of hydrogen-bond donors (Lipinski definition) is 1. The molecule has 1 amide bonds. The summed E-state index contributed by atoms with van der Waals surface area (Å²) in [6, 6.07) is -0.147. The van der Waals surface area contributed by atoms with Crippen molar-refractivity contribution in [2.75, 3.05) is 36.2 Å². The van der Waals surface area contributed by atoms with Gasteiger partial charge in [-0.05, 0) is 25.5 Å². The smallest absolute Gasteiger partial charge is 0.232 e. The molecule has 1 atom stereocenters. The zero-order chi connectivity index (χ0) is 13.6. The van der Waals surface area contributed by atoms with Crippen LogP contribution in [0.25, 0.3) is 0 Å². The summed E-state index contributed by atoms with van der Waals surface area (Å²) in [5.41, 5.74) is 0. The Morgan fingerprint density at radius 3 is 2.72 bits per heavy atom. The predicted octanol–water partition coefficient (Wildman–Crippen LogP) is 0.138. The van der Waals surface area contributed by atoms with E-state index in [0.29, 0.717) is 25.1 Å². The van der Waals surface area contributed by atoms with Crippen LogP contribution in [0.2, 0.25) is 0 Å². The van der Waals surface area contributed by atoms with Crippen LogP contribution in [-0.4, -0.2) is 66.5 Å². The topological polar surface area (TPSA) is 74.7 Å². The molecule has 0 saturated carbocycles. The van der Waals surface area contributed by atoms with Gasteiger partial charge in [-0.1, -0.05) is 0 Å². The van der Waals surface area contributed by atoms with Gasteiger partial charge in [-0.15, -0.1) is 0 Å². The molecule has 5 nitrogen and oxygen atoms in total. The predicted molar refractivity (Wildman–Crippen MR) is 73.5 cm³/mol. The number of hydrogen-bond acceptors (Lipinski definition) is 5. The number of carbonyl (C=O) groups excluding carboxylic acids is 1. The van der Waals surface area contributed by atoms with Crippen LogP contribution in [-0.2, 0) is 14.6 Å². The van der Waals surface area contributed by atoms with E-state index in [1.54, 1.807) is 4.90 Å². The van der Waals surface area contributed by atoms with E-state index in [2.05, 4.69) is 0 Å². The van der Waals surface area contributed by atoms with Gasteiger partial charge in [0.25, 0.3) is 0 Å². The fourth-order valence-corrected chi connectivity index (χ4v) is 4.62. The van der Waals surface area contributed by atoms with Gasteiger partial charge >= 0.3 is 0 Å². The molecule has 1 rings (SSSR count). The van der Waals surface area contributed by atoms with Crippen molar-refractivity contribution < 1.29 is 18.3 Å². The van der Waals surface area contributed by atoms with Crippen LogP contribution in [0.1, 0.15) is 19.8 Å². The average molecular weight is 295 g/mol. The molecular weight excluding hydrogens is 274 g/mol. The molecule has 0 aromatic heterocycles. The summed E-state index contributed by atoms with van der Waals surface area (Å²) in [6.07, 6.45) is 1.24. The van der Waals surface area contributed by atoms with Gasteiger partial charge in [0.05, 0.1) is 17.3 Å². The Kier molecular flexibility index (Phi) is 6.45. The third kappa shape index (κ3) is 4.78. The number of nitrogens with zero attached hydrogens (tertiary/aromatic N) is 1. The fraction of sp³-hybridized carbons (Fsp3) is 0.909. The van der Waals surface area contributed by atoms with E-state index in [9.17, 15) is 13.2 Å². The van der Waals surface area contributed by atoms with Crippen LogP contribution in [0.5, 0.6) is 0 Å². The van der Waals surface area contributed by atoms with Gasteiger partial charge in [-0.2, -0.15) is 11.8 Å². The molecule has 0 aliphatic carbocycles. The van der Waals surface area contributed by atoms with Crippen LogP contribution < -0.4 is 0 Å². The largest absolute Gasteiger partial charge is 0.396 e. The summed E-state index contributed by atoms with van der Waals surface area (Å²) in [5, 5.41) is 8.64. The fourth-order valence-electron chi connectivity index (χ4n) is 2.07. The molecule has 1 saturated heterocycles. The van der Waals surface area contributed by atoms with Gasteiger partial charge in [0.2, 0.25) is 5.91 Å². The molecule has 0 spiro atoms. The van der Waals surface area contributed by atoms with Crippen molar-refractivity contribution in [2.45, 2.75) is 25.8 Å². The zero-order valence-electron chi connectivity index (χ0n) is 10.7. The zero-order valence-corrected chi connectivity index (χ0v) is 12.3. The summed E-state index contributed by atoms with van der Waals surface area (Å²) in [7, 11) is -2.95. The lowest BCUT2D eigenvalue weighted by Crippen LogP contribution is -2.42. The maximum Gasteiger partial charge on any atom is 0.232 e. The molecule has 0 aromatic rings. The Balaban J connectivity index is 2.43. The van der Waals surface area contributed by atoms with Gasteiger partial charge in [0, 0.05) is 19.2 Å². The van der Waals surface area contributed by atoms with E-state index in [1.807, 2.05) is 6.92 Å². The third-order valence-corrected chi connectivity index (χ3v) is 5.76. The molecule has 0 aromatic carbocycles. The second kappa shape index (κ2) is 7.35. The lowest BCUT2D eigenvalue weighted by Gasteiger charge is -2.26. The van der Waals surface area contributed by atoms with Crippen molar-refractivity contribution in [2.24, 2.45) is 0 Å². The summed E-state index contributed by atoms with van der Waals surface area (Å²) >= 11 is 1.49. The Morgan fingerprint density at radius 1 is 1.50 bits per heavy atom. The van der Waals surface area contributed by atoms with Gasteiger partial charge < -0.3 is 10.0 Å². The highest BCUT2D eigenvalue weighted by atomic mass is 32.2. The van der Waals surface area contributed by atoms with Crippen LogP contribution in [0.15, 0.2) is 0 Å². The van der Waals surface area contributed by atoms with Crippen LogP contribution >= 0.6 is 11.8 Å². The number of carbonyl (C=O) groups is 1. The summed E-state index contributed by atoms with van der Waals surface area (Å²) in [6.45, 7) is 2.57. The normalized spacial score (nSPS) is 22.0. The molecule has 18 heavy (non-hydrogen) atoms. The van der Waals surface area contributed by atoms with E-state index < -0.39 is 9.84 Å². The summed E-state index contributed by atoms with van der Waals surface area (Å²) < 4.78 is 22.8. The van der Waals surface area contributed by atoms with Gasteiger partial charge in [0.15, 0.2) is 9.84 Å². The van der Waals surface area contributed by atoms with Crippen molar-refractivity contribution in [3.8, 4) is 0 Å². The standard InChI is InChI=1S/C11H21NO4S2/c1-2-12(10-4-7-18(15,16)9-10)11(14)8-17-6-3-5-13/h10,13H,2-9H2,1H3. The molecule has 0 bridgehead atoms. The first-order chi connectivity index (χ1) is 8.50. The van der Waals surface area contributed by atoms with Crippen molar-refractivity contribution in [1.29, 1.82) is 0 Å². The van der Waals surface area contributed by atoms with Gasteiger partial charge in [-0.3, -0.25) is 4.79 Å². The first-order valence-electron chi connectivity index (χ1n) is 6.18. The Hall–Kier alpha value is -0.270. The minimum Gasteiger partial charge on any atom is -0.396 e. The third-order valence-electron chi connectivity index (χ3n) is 2.98. The second-order valence-electron chi connectivity index (χ2n) is 4.37. The maximum atomic E-state index is 12.0. The Labute approximate surface area is 113 Å². The number of sulfone groups is 1. The molecule has 1 aliphatic rings. The highest BCUT2D eigenvalue weighted by Gasteiger charge is 2.33. The molecule has 1 N–H and O–H groups in total. The van der Waals surface area contributed by atoms with Crippen LogP contribution in [0, 0.1) is 0 Å². The Morgan fingerprint density at radius 2 is 2.22 bits per heavy atom. The van der Waals surface area contributed by atoms with Crippen molar-refractivity contribution in [3.63, 3.8) is 0 Å². The summed E-state index contributed by atoms with van der Waals surface area (Å²) in [5.74, 6) is 1.42. The number of thioether (sulfide) groups is 1. The SMILES string of the molecule is CCN(C(=O)CSCCCO)C1CCS(=O)(=O)C1. The first kappa shape index (κ1) is 15.8. The molecule has 1 unspecified atom stereocenters. The van der Waals surface area contributed by atoms with Crippen LogP contribution in [0.4, 0.5) is 0 Å². The quantitative estimate of drug-likeness (QED) is 0.676. The van der Waals surface area contributed by atoms with E-state index in [4.69, 9.17) is 5.11 Å². The second-order valence-corrected chi connectivity index (χ2v) is 7.70. The Bertz CT molecular complexity index is 369. The number of aliphatic hydroxyl groups is 1. The van der Waals surface area contributed by atoms with Crippen molar-refractivity contribution in [3.05, 3.63) is 0 Å². The molecule has 0 radical (unpaired) electrons. The van der Waals surface area contributed by atoms with Gasteiger partial charge in [-0.25, -0.2) is 8.42 Å². The highest BCUT2D eigenvalue weighted by Crippen LogP contribution is 2.18. The highest BCUT2D eigenvalue weighted by molar-refractivity contribution is 7.99. The van der Waals surface area contributed by atoms with E-state index >= 15 is 0 Å². The summed E-state index contributed by atoms with van der Waals surface area (Å²) in [4.78, 5) is 13.7. The first-order valence-corrected chi connectivity index (χ1v) is 9.16. The molecule has 1 heterocycles. The van der Waals surface area contributed by atoms with E-state index in [1.165, 1.54) is 11.8 Å². The monoisotopic (exact) mass is 295 g/mol. The molecular formula is C11H21NO4S2. The lowest BCUT2D eigenvalue weighted by molar-refractivity contribution is -0.129. The maximum absolute atomic E-state index is 12.0.